The van der Waals surface area contributed by atoms with Gasteiger partial charge in [-0.05, 0) is 44.3 Å². The normalized spacial score (nSPS) is 25.5. The predicted octanol–water partition coefficient (Wildman–Crippen LogP) is 3.71. The smallest absolute Gasteiger partial charge is 0.142 e. The van der Waals surface area contributed by atoms with Crippen molar-refractivity contribution < 1.29 is 0 Å². The average Bonchev–Trinajstić information content (AvgIpc) is 3.47. The van der Waals surface area contributed by atoms with Gasteiger partial charge >= 0.3 is 0 Å². The van der Waals surface area contributed by atoms with Crippen LogP contribution in [0.2, 0.25) is 0 Å². The van der Waals surface area contributed by atoms with Crippen LogP contribution in [0, 0.1) is 11.8 Å². The van der Waals surface area contributed by atoms with E-state index in [1.807, 2.05) is 7.05 Å². The lowest BCUT2D eigenvalue weighted by Gasteiger charge is -2.33. The minimum absolute atomic E-state index is 0.538. The second-order valence-corrected chi connectivity index (χ2v) is 7.29. The number of nitrogens with zero attached hydrogens (tertiary/aromatic N) is 3. The minimum Gasteiger partial charge on any atom is -0.392 e. The second-order valence-electron chi connectivity index (χ2n) is 7.29. The highest BCUT2D eigenvalue weighted by molar-refractivity contribution is 5.94. The van der Waals surface area contributed by atoms with E-state index >= 15 is 0 Å². The first-order valence-electron chi connectivity index (χ1n) is 9.45. The fourth-order valence-electron chi connectivity index (χ4n) is 3.36. The zero-order chi connectivity index (χ0) is 17.1. The molecular weight excluding hydrogens is 296 g/mol. The van der Waals surface area contributed by atoms with Crippen molar-refractivity contribution in [3.63, 3.8) is 0 Å². The Hall–Kier alpha value is -1.55. The number of amidine groups is 1. The number of hydrazine groups is 1. The summed E-state index contributed by atoms with van der Waals surface area (Å²) < 4.78 is 0. The summed E-state index contributed by atoms with van der Waals surface area (Å²) in [6, 6.07) is 0.538. The topological polar surface area (TPSA) is 30.9 Å². The van der Waals surface area contributed by atoms with Crippen LogP contribution in [0.4, 0.5) is 0 Å². The lowest BCUT2D eigenvalue weighted by Crippen LogP contribution is -2.43. The molecule has 3 aliphatic rings. The zero-order valence-corrected chi connectivity index (χ0v) is 15.5. The maximum absolute atomic E-state index is 4.79. The maximum Gasteiger partial charge on any atom is 0.142 e. The van der Waals surface area contributed by atoms with Crippen LogP contribution in [0.15, 0.2) is 41.2 Å². The van der Waals surface area contributed by atoms with Crippen molar-refractivity contribution in [3.05, 3.63) is 36.2 Å². The first-order valence-corrected chi connectivity index (χ1v) is 9.45. The Balaban J connectivity index is 1.75. The van der Waals surface area contributed by atoms with Gasteiger partial charge in [-0.25, -0.2) is 5.01 Å². The van der Waals surface area contributed by atoms with E-state index in [0.717, 1.165) is 36.3 Å². The Bertz CT molecular complexity index is 552. The zero-order valence-electron chi connectivity index (χ0n) is 15.5. The number of nitrogens with one attached hydrogen (secondary N) is 1. The number of rotatable bonds is 8. The molecule has 4 heteroatoms. The van der Waals surface area contributed by atoms with Crippen molar-refractivity contribution in [2.45, 2.75) is 51.5 Å². The summed E-state index contributed by atoms with van der Waals surface area (Å²) in [5.41, 5.74) is 2.51. The van der Waals surface area contributed by atoms with Gasteiger partial charge in [-0.2, -0.15) is 0 Å². The summed E-state index contributed by atoms with van der Waals surface area (Å²) >= 11 is 0. The molecule has 3 rings (SSSR count). The Kier molecular flexibility index (Phi) is 5.44. The van der Waals surface area contributed by atoms with Gasteiger partial charge in [0, 0.05) is 50.4 Å². The van der Waals surface area contributed by atoms with Crippen molar-refractivity contribution >= 4 is 5.84 Å². The maximum atomic E-state index is 4.79. The van der Waals surface area contributed by atoms with Gasteiger partial charge in [0.25, 0.3) is 0 Å². The summed E-state index contributed by atoms with van der Waals surface area (Å²) in [4.78, 5) is 4.79. The molecule has 1 aliphatic heterocycles. The molecule has 1 N–H and O–H groups in total. The molecule has 0 radical (unpaired) electrons. The van der Waals surface area contributed by atoms with Gasteiger partial charge < -0.3 is 5.32 Å². The molecule has 0 aromatic rings. The molecule has 132 valence electrons. The second kappa shape index (κ2) is 7.56. The van der Waals surface area contributed by atoms with E-state index in [0.29, 0.717) is 6.04 Å². The van der Waals surface area contributed by atoms with Gasteiger partial charge in [-0.15, -0.1) is 0 Å². The van der Waals surface area contributed by atoms with Crippen molar-refractivity contribution in [2.75, 3.05) is 20.6 Å². The van der Waals surface area contributed by atoms with E-state index in [-0.39, 0.29) is 0 Å². The first kappa shape index (κ1) is 17.3. The Labute approximate surface area is 147 Å². The third kappa shape index (κ3) is 4.10. The lowest BCUT2D eigenvalue weighted by atomic mass is 10.1. The Morgan fingerprint density at radius 2 is 2.12 bits per heavy atom. The Morgan fingerprint density at radius 3 is 2.71 bits per heavy atom. The van der Waals surface area contributed by atoms with Crippen LogP contribution in [0.25, 0.3) is 0 Å². The van der Waals surface area contributed by atoms with E-state index in [1.165, 1.54) is 37.8 Å². The van der Waals surface area contributed by atoms with Gasteiger partial charge in [0.15, 0.2) is 0 Å². The standard InChI is InChI=1S/C20H32N4/c1-5-22-20(8-6-7-15(2)21-3)24-19(17-11-12-17)14-18(23(24)4)13-16-9-10-16/h6,8,14,16-18,21H,2,5,7,9-13H2,1,3-4H3/b8-6-,22-20?. The molecule has 0 aromatic carbocycles. The highest BCUT2D eigenvalue weighted by Gasteiger charge is 2.41. The quantitative estimate of drug-likeness (QED) is 0.544. The summed E-state index contributed by atoms with van der Waals surface area (Å²) in [6.45, 7) is 6.91. The molecule has 1 atom stereocenters. The molecule has 2 aliphatic carbocycles. The van der Waals surface area contributed by atoms with Crippen LogP contribution in [0.3, 0.4) is 0 Å². The number of allylic oxidation sites excluding steroid dienone is 2. The van der Waals surface area contributed by atoms with Crippen molar-refractivity contribution in [1.82, 2.24) is 15.3 Å². The fraction of sp³-hybridized carbons (Fsp3) is 0.650. The summed E-state index contributed by atoms with van der Waals surface area (Å²) in [7, 11) is 4.15. The minimum atomic E-state index is 0.538. The molecule has 0 saturated heterocycles. The van der Waals surface area contributed by atoms with E-state index in [1.54, 1.807) is 0 Å². The molecule has 0 amide bonds. The predicted molar refractivity (Wildman–Crippen MR) is 101 cm³/mol. The van der Waals surface area contributed by atoms with Crippen LogP contribution in [-0.4, -0.2) is 42.5 Å². The summed E-state index contributed by atoms with van der Waals surface area (Å²) in [6.07, 6.45) is 14.5. The summed E-state index contributed by atoms with van der Waals surface area (Å²) in [5, 5.41) is 7.90. The molecule has 2 fully saturated rings. The highest BCUT2D eigenvalue weighted by Crippen LogP contribution is 2.44. The largest absolute Gasteiger partial charge is 0.392 e. The summed E-state index contributed by atoms with van der Waals surface area (Å²) in [5.74, 6) is 2.75. The van der Waals surface area contributed by atoms with E-state index in [2.05, 4.69) is 54.1 Å². The molecule has 2 saturated carbocycles. The average molecular weight is 329 g/mol. The van der Waals surface area contributed by atoms with Crippen LogP contribution in [-0.2, 0) is 0 Å². The van der Waals surface area contributed by atoms with E-state index in [9.17, 15) is 0 Å². The molecule has 4 nitrogen and oxygen atoms in total. The van der Waals surface area contributed by atoms with Gasteiger partial charge in [0.1, 0.15) is 5.84 Å². The van der Waals surface area contributed by atoms with Crippen molar-refractivity contribution in [2.24, 2.45) is 16.8 Å². The number of aliphatic imine (C=N–C) groups is 1. The molecule has 0 bridgehead atoms. The fourth-order valence-corrected chi connectivity index (χ4v) is 3.36. The third-order valence-electron chi connectivity index (χ3n) is 5.19. The van der Waals surface area contributed by atoms with E-state index in [4.69, 9.17) is 4.99 Å². The van der Waals surface area contributed by atoms with Gasteiger partial charge in [-0.3, -0.25) is 10.0 Å². The van der Waals surface area contributed by atoms with Gasteiger partial charge in [0.2, 0.25) is 0 Å². The molecule has 0 aromatic heterocycles. The number of likely N-dealkylation sites (N-methyl/N-ethyl adjacent to an activating group) is 1. The van der Waals surface area contributed by atoms with Gasteiger partial charge in [0.05, 0.1) is 0 Å². The first-order chi connectivity index (χ1) is 11.6. The molecule has 1 heterocycles. The van der Waals surface area contributed by atoms with Crippen LogP contribution < -0.4 is 5.32 Å². The van der Waals surface area contributed by atoms with E-state index < -0.39 is 0 Å². The molecule has 1 unspecified atom stereocenters. The molecule has 0 spiro atoms. The van der Waals surface area contributed by atoms with Gasteiger partial charge in [-0.1, -0.05) is 25.5 Å². The van der Waals surface area contributed by atoms with Crippen molar-refractivity contribution in [3.8, 4) is 0 Å². The van der Waals surface area contributed by atoms with Crippen LogP contribution in [0.5, 0.6) is 0 Å². The van der Waals surface area contributed by atoms with Crippen molar-refractivity contribution in [1.29, 1.82) is 0 Å². The monoisotopic (exact) mass is 328 g/mol. The number of hydrogen-bond acceptors (Lipinski definition) is 3. The van der Waals surface area contributed by atoms with Crippen LogP contribution in [0.1, 0.15) is 45.4 Å². The van der Waals surface area contributed by atoms with Crippen LogP contribution >= 0.6 is 0 Å². The lowest BCUT2D eigenvalue weighted by molar-refractivity contribution is 0.0975. The Morgan fingerprint density at radius 1 is 1.38 bits per heavy atom. The third-order valence-corrected chi connectivity index (χ3v) is 5.19. The molecule has 24 heavy (non-hydrogen) atoms. The highest BCUT2D eigenvalue weighted by atomic mass is 15.7. The number of hydrogen-bond donors (Lipinski definition) is 1. The SMILES string of the molecule is C=C(C/C=C\C(=NCC)N1C(C2CC2)=CC(CC2CC2)N1C)NC. The molecular formula is C20H32N4.